The average Bonchev–Trinajstić information content (AvgIpc) is 2.55. The van der Waals surface area contributed by atoms with E-state index in [4.69, 9.17) is 11.5 Å². The molecule has 0 radical (unpaired) electrons. The van der Waals surface area contributed by atoms with Gasteiger partial charge in [-0.1, -0.05) is 18.2 Å². The van der Waals surface area contributed by atoms with Crippen molar-refractivity contribution in [3.63, 3.8) is 0 Å². The molecule has 2 aromatic heterocycles. The lowest BCUT2D eigenvalue weighted by molar-refractivity contribution is 0.0997. The molecule has 0 fully saturated rings. The second kappa shape index (κ2) is 6.74. The third kappa shape index (κ3) is 3.37. The van der Waals surface area contributed by atoms with Crippen LogP contribution in [0.3, 0.4) is 0 Å². The van der Waals surface area contributed by atoms with Crippen LogP contribution in [0.1, 0.15) is 29.9 Å². The molecule has 0 spiro atoms. The van der Waals surface area contributed by atoms with Gasteiger partial charge in [0.05, 0.1) is 16.7 Å². The predicted molar refractivity (Wildman–Crippen MR) is 91.6 cm³/mol. The van der Waals surface area contributed by atoms with Gasteiger partial charge < -0.3 is 16.6 Å². The number of primary amides is 1. The van der Waals surface area contributed by atoms with Crippen LogP contribution in [0.25, 0.3) is 17.1 Å². The quantitative estimate of drug-likeness (QED) is 0.593. The molecule has 2 aromatic rings. The van der Waals surface area contributed by atoms with Gasteiger partial charge in [-0.05, 0) is 37.6 Å². The zero-order valence-corrected chi connectivity index (χ0v) is 12.9. The Hall–Kier alpha value is -3.15. The second-order valence-corrected chi connectivity index (χ2v) is 4.91. The molecule has 118 valence electrons. The Bertz CT molecular complexity index is 851. The molecule has 5 N–H and O–H groups in total. The van der Waals surface area contributed by atoms with Crippen LogP contribution in [0, 0.1) is 0 Å². The molecule has 0 unspecified atom stereocenters. The van der Waals surface area contributed by atoms with E-state index in [0.29, 0.717) is 22.2 Å². The predicted octanol–water partition coefficient (Wildman–Crippen LogP) is 2.73. The van der Waals surface area contributed by atoms with E-state index >= 15 is 0 Å². The van der Waals surface area contributed by atoms with Crippen molar-refractivity contribution in [2.45, 2.75) is 13.8 Å². The number of carbonyl (C=O) groups is 1. The molecular formula is C17H18N4O2. The summed E-state index contributed by atoms with van der Waals surface area (Å²) in [6, 6.07) is 3.45. The lowest BCUT2D eigenvalue weighted by atomic mass is 10.1. The number of hydrogen-bond donors (Lipinski definition) is 3. The van der Waals surface area contributed by atoms with Gasteiger partial charge in [-0.2, -0.15) is 0 Å². The first-order chi connectivity index (χ1) is 11.0. The molecule has 0 saturated heterocycles. The Morgan fingerprint density at radius 2 is 2.13 bits per heavy atom. The Kier molecular flexibility index (Phi) is 4.75. The number of amides is 1. The van der Waals surface area contributed by atoms with Crippen molar-refractivity contribution in [3.05, 3.63) is 59.1 Å². The number of aliphatic hydroxyl groups excluding tert-OH is 1. The van der Waals surface area contributed by atoms with Crippen LogP contribution >= 0.6 is 0 Å². The summed E-state index contributed by atoms with van der Waals surface area (Å²) in [5.74, 6) is -0.501. The summed E-state index contributed by atoms with van der Waals surface area (Å²) in [5.41, 5.74) is 13.9. The zero-order valence-electron chi connectivity index (χ0n) is 12.9. The number of nitrogen functional groups attached to an aromatic ring is 1. The van der Waals surface area contributed by atoms with E-state index < -0.39 is 5.91 Å². The smallest absolute Gasteiger partial charge is 0.269 e. The van der Waals surface area contributed by atoms with E-state index in [1.807, 2.05) is 0 Å². The number of anilines is 1. The molecule has 0 aliphatic rings. The number of hydrogen-bond acceptors (Lipinski definition) is 5. The lowest BCUT2D eigenvalue weighted by Gasteiger charge is -2.08. The number of nitrogens with two attached hydrogens (primary N) is 2. The Labute approximate surface area is 133 Å². The lowest BCUT2D eigenvalue weighted by Crippen LogP contribution is -2.16. The van der Waals surface area contributed by atoms with Crippen LogP contribution < -0.4 is 11.5 Å². The van der Waals surface area contributed by atoms with Gasteiger partial charge in [0.15, 0.2) is 5.69 Å². The first-order valence-electron chi connectivity index (χ1n) is 7.00. The molecule has 0 atom stereocenters. The van der Waals surface area contributed by atoms with Gasteiger partial charge in [0, 0.05) is 11.8 Å². The molecule has 6 heteroatoms. The maximum absolute atomic E-state index is 11.5. The Morgan fingerprint density at radius 3 is 2.78 bits per heavy atom. The minimum absolute atomic E-state index is 0.0159. The fourth-order valence-corrected chi connectivity index (χ4v) is 2.09. The fraction of sp³-hybridized carbons (Fsp3) is 0.118. The standard InChI is InChI=1S/C17H18N4O2/c1-3-13(22)10(2)6-4-7-11-14(18)16(17(19)23)21-12-8-5-9-20-15(11)12/h3-9,22H,18H2,1-2H3,(H2,19,23)/b7-4+,10-6-,13-3-. The normalized spacial score (nSPS) is 13.0. The molecule has 23 heavy (non-hydrogen) atoms. The first-order valence-corrected chi connectivity index (χ1v) is 7.00. The van der Waals surface area contributed by atoms with Gasteiger partial charge in [-0.25, -0.2) is 4.98 Å². The van der Waals surface area contributed by atoms with Gasteiger partial charge in [-0.3, -0.25) is 9.78 Å². The third-order valence-electron chi connectivity index (χ3n) is 3.34. The summed E-state index contributed by atoms with van der Waals surface area (Å²) in [5, 5.41) is 9.62. The molecule has 2 rings (SSSR count). The molecular weight excluding hydrogens is 292 g/mol. The van der Waals surface area contributed by atoms with Crippen molar-refractivity contribution in [1.29, 1.82) is 0 Å². The van der Waals surface area contributed by atoms with Gasteiger partial charge >= 0.3 is 0 Å². The molecule has 0 bridgehead atoms. The van der Waals surface area contributed by atoms with E-state index in [0.717, 1.165) is 0 Å². The number of nitrogens with zero attached hydrogens (tertiary/aromatic N) is 2. The number of carbonyl (C=O) groups excluding carboxylic acids is 1. The van der Waals surface area contributed by atoms with Gasteiger partial charge in [0.25, 0.3) is 5.91 Å². The molecule has 1 amide bonds. The number of pyridine rings is 2. The van der Waals surface area contributed by atoms with Crippen molar-refractivity contribution in [3.8, 4) is 0 Å². The summed E-state index contributed by atoms with van der Waals surface area (Å²) in [7, 11) is 0. The molecule has 0 aromatic carbocycles. The van der Waals surface area contributed by atoms with Gasteiger partial charge in [0.1, 0.15) is 5.76 Å². The third-order valence-corrected chi connectivity index (χ3v) is 3.34. The summed E-state index contributed by atoms with van der Waals surface area (Å²) in [6.45, 7) is 3.52. The molecule has 0 aliphatic carbocycles. The molecule has 0 saturated carbocycles. The zero-order chi connectivity index (χ0) is 17.0. The monoisotopic (exact) mass is 310 g/mol. The number of rotatable bonds is 4. The van der Waals surface area contributed by atoms with Crippen LogP contribution in [-0.2, 0) is 0 Å². The number of aromatic nitrogens is 2. The highest BCUT2D eigenvalue weighted by atomic mass is 16.3. The maximum atomic E-state index is 11.5. The molecule has 2 heterocycles. The van der Waals surface area contributed by atoms with Crippen molar-refractivity contribution < 1.29 is 9.90 Å². The highest BCUT2D eigenvalue weighted by Gasteiger charge is 2.15. The van der Waals surface area contributed by atoms with E-state index in [1.54, 1.807) is 56.5 Å². The van der Waals surface area contributed by atoms with E-state index in [-0.39, 0.29) is 17.1 Å². The highest BCUT2D eigenvalue weighted by molar-refractivity contribution is 6.03. The number of fused-ring (bicyclic) bond motifs is 1. The second-order valence-electron chi connectivity index (χ2n) is 4.91. The largest absolute Gasteiger partial charge is 0.508 e. The summed E-state index contributed by atoms with van der Waals surface area (Å²) < 4.78 is 0. The Balaban J connectivity index is 2.59. The van der Waals surface area contributed by atoms with E-state index in [9.17, 15) is 9.90 Å². The van der Waals surface area contributed by atoms with Crippen molar-refractivity contribution in [2.75, 3.05) is 5.73 Å². The summed E-state index contributed by atoms with van der Waals surface area (Å²) in [4.78, 5) is 19.9. The van der Waals surface area contributed by atoms with Crippen LogP contribution in [0.2, 0.25) is 0 Å². The van der Waals surface area contributed by atoms with E-state index in [1.165, 1.54) is 0 Å². The van der Waals surface area contributed by atoms with E-state index in [2.05, 4.69) is 9.97 Å². The van der Waals surface area contributed by atoms with Gasteiger partial charge in [0.2, 0.25) is 0 Å². The summed E-state index contributed by atoms with van der Waals surface area (Å²) in [6.07, 6.45) is 8.39. The Morgan fingerprint density at radius 1 is 1.39 bits per heavy atom. The van der Waals surface area contributed by atoms with Gasteiger partial charge in [-0.15, -0.1) is 0 Å². The van der Waals surface area contributed by atoms with Crippen LogP contribution in [0.5, 0.6) is 0 Å². The summed E-state index contributed by atoms with van der Waals surface area (Å²) >= 11 is 0. The molecule has 6 nitrogen and oxygen atoms in total. The van der Waals surface area contributed by atoms with Crippen molar-refractivity contribution in [2.24, 2.45) is 5.73 Å². The SMILES string of the molecule is C/C=C(O)/C(C)=C\C=C\c1c(N)c(C(N)=O)nc2cccnc12. The van der Waals surface area contributed by atoms with Crippen molar-refractivity contribution >= 4 is 28.7 Å². The number of allylic oxidation sites excluding steroid dienone is 4. The first kappa shape index (κ1) is 16.2. The van der Waals surface area contributed by atoms with Crippen LogP contribution in [0.15, 0.2) is 47.9 Å². The maximum Gasteiger partial charge on any atom is 0.269 e. The van der Waals surface area contributed by atoms with Crippen LogP contribution in [0.4, 0.5) is 5.69 Å². The topological polar surface area (TPSA) is 115 Å². The van der Waals surface area contributed by atoms with Crippen LogP contribution in [-0.4, -0.2) is 21.0 Å². The number of aliphatic hydroxyl groups is 1. The molecule has 0 aliphatic heterocycles. The average molecular weight is 310 g/mol. The van der Waals surface area contributed by atoms with Crippen molar-refractivity contribution in [1.82, 2.24) is 9.97 Å². The fourth-order valence-electron chi connectivity index (χ4n) is 2.09. The minimum Gasteiger partial charge on any atom is -0.508 e. The highest BCUT2D eigenvalue weighted by Crippen LogP contribution is 2.25. The minimum atomic E-state index is -0.693.